The zero-order chi connectivity index (χ0) is 15.2. The number of para-hydroxylation sites is 1. The van der Waals surface area contributed by atoms with Crippen LogP contribution in [0.3, 0.4) is 0 Å². The topological polar surface area (TPSA) is 46.9 Å². The van der Waals surface area contributed by atoms with Gasteiger partial charge in [-0.1, -0.05) is 32.4 Å². The van der Waals surface area contributed by atoms with E-state index in [-0.39, 0.29) is 11.6 Å². The average molecular weight is 287 g/mol. The van der Waals surface area contributed by atoms with E-state index in [0.29, 0.717) is 11.9 Å². The van der Waals surface area contributed by atoms with Gasteiger partial charge in [0.1, 0.15) is 5.82 Å². The number of fused-ring (bicyclic) bond motifs is 1. The normalized spacial score (nSPS) is 12.7. The minimum Gasteiger partial charge on any atom is -0.307 e. The standard InChI is InChI=1S/C17H25N3O/c1-4-7-12-18-14(5-2)16-19-15-11-9-8-10-13(15)17(21)20(16)6-3/h8-11,14,18H,4-7,12H2,1-3H3/t14-/m0/s1. The Bertz CT molecular complexity index is 648. The number of rotatable bonds is 7. The molecule has 0 aliphatic carbocycles. The van der Waals surface area contributed by atoms with Gasteiger partial charge in [0.25, 0.3) is 5.56 Å². The molecule has 0 spiro atoms. The first-order valence-electron chi connectivity index (χ1n) is 7.95. The van der Waals surface area contributed by atoms with Crippen LogP contribution >= 0.6 is 0 Å². The van der Waals surface area contributed by atoms with Crippen molar-refractivity contribution in [2.75, 3.05) is 6.54 Å². The van der Waals surface area contributed by atoms with Crippen LogP contribution < -0.4 is 10.9 Å². The Morgan fingerprint density at radius 1 is 1.24 bits per heavy atom. The molecule has 1 heterocycles. The summed E-state index contributed by atoms with van der Waals surface area (Å²) in [6, 6.07) is 7.72. The third kappa shape index (κ3) is 3.32. The molecule has 2 aromatic rings. The number of hydrogen-bond acceptors (Lipinski definition) is 3. The van der Waals surface area contributed by atoms with Gasteiger partial charge in [0.2, 0.25) is 0 Å². The van der Waals surface area contributed by atoms with E-state index < -0.39 is 0 Å². The lowest BCUT2D eigenvalue weighted by Crippen LogP contribution is -2.32. The van der Waals surface area contributed by atoms with Crippen LogP contribution in [0.15, 0.2) is 29.1 Å². The molecule has 1 aromatic carbocycles. The molecule has 0 fully saturated rings. The van der Waals surface area contributed by atoms with Crippen molar-refractivity contribution in [3.63, 3.8) is 0 Å². The highest BCUT2D eigenvalue weighted by atomic mass is 16.1. The van der Waals surface area contributed by atoms with Crippen molar-refractivity contribution in [2.24, 2.45) is 0 Å². The predicted octanol–water partition coefficient (Wildman–Crippen LogP) is 3.26. The first-order valence-corrected chi connectivity index (χ1v) is 7.95. The average Bonchev–Trinajstić information content (AvgIpc) is 2.52. The first kappa shape index (κ1) is 15.7. The van der Waals surface area contributed by atoms with Crippen LogP contribution in [0.2, 0.25) is 0 Å². The van der Waals surface area contributed by atoms with Crippen LogP contribution in [-0.4, -0.2) is 16.1 Å². The molecule has 0 aliphatic rings. The molecular weight excluding hydrogens is 262 g/mol. The molecule has 0 saturated heterocycles. The van der Waals surface area contributed by atoms with Gasteiger partial charge in [0, 0.05) is 6.54 Å². The van der Waals surface area contributed by atoms with Gasteiger partial charge < -0.3 is 5.32 Å². The summed E-state index contributed by atoms with van der Waals surface area (Å²) in [6.07, 6.45) is 3.23. The summed E-state index contributed by atoms with van der Waals surface area (Å²) < 4.78 is 1.80. The fourth-order valence-electron chi connectivity index (χ4n) is 2.63. The molecule has 0 aliphatic heterocycles. The third-order valence-electron chi connectivity index (χ3n) is 3.85. The molecule has 0 amide bonds. The molecule has 21 heavy (non-hydrogen) atoms. The van der Waals surface area contributed by atoms with Crippen molar-refractivity contribution >= 4 is 10.9 Å². The number of aromatic nitrogens is 2. The van der Waals surface area contributed by atoms with Crippen LogP contribution in [0.1, 0.15) is 51.9 Å². The van der Waals surface area contributed by atoms with Gasteiger partial charge in [0.05, 0.1) is 16.9 Å². The van der Waals surface area contributed by atoms with Crippen molar-refractivity contribution in [1.82, 2.24) is 14.9 Å². The Kier molecular flexibility index (Phi) is 5.51. The Hall–Kier alpha value is -1.68. The highest BCUT2D eigenvalue weighted by molar-refractivity contribution is 5.77. The highest BCUT2D eigenvalue weighted by Crippen LogP contribution is 2.16. The van der Waals surface area contributed by atoms with Gasteiger partial charge in [-0.15, -0.1) is 0 Å². The zero-order valence-electron chi connectivity index (χ0n) is 13.2. The summed E-state index contributed by atoms with van der Waals surface area (Å²) in [6.45, 7) is 7.92. The zero-order valence-corrected chi connectivity index (χ0v) is 13.2. The lowest BCUT2D eigenvalue weighted by atomic mass is 10.1. The molecule has 0 radical (unpaired) electrons. The molecule has 2 rings (SSSR count). The largest absolute Gasteiger partial charge is 0.307 e. The Labute approximate surface area is 126 Å². The predicted molar refractivity (Wildman–Crippen MR) is 87.6 cm³/mol. The summed E-state index contributed by atoms with van der Waals surface area (Å²) in [5.41, 5.74) is 0.854. The van der Waals surface area contributed by atoms with Gasteiger partial charge in [0.15, 0.2) is 0 Å². The number of unbranched alkanes of at least 4 members (excludes halogenated alkanes) is 1. The molecule has 4 nitrogen and oxygen atoms in total. The number of hydrogen-bond donors (Lipinski definition) is 1. The van der Waals surface area contributed by atoms with Crippen molar-refractivity contribution < 1.29 is 0 Å². The fraction of sp³-hybridized carbons (Fsp3) is 0.529. The van der Waals surface area contributed by atoms with Crippen molar-refractivity contribution in [3.8, 4) is 0 Å². The first-order chi connectivity index (χ1) is 10.2. The second kappa shape index (κ2) is 7.36. The maximum Gasteiger partial charge on any atom is 0.261 e. The van der Waals surface area contributed by atoms with Crippen LogP contribution in [0.4, 0.5) is 0 Å². The van der Waals surface area contributed by atoms with Crippen LogP contribution in [0.25, 0.3) is 10.9 Å². The summed E-state index contributed by atoms with van der Waals surface area (Å²) in [4.78, 5) is 17.4. The van der Waals surface area contributed by atoms with Crippen molar-refractivity contribution in [1.29, 1.82) is 0 Å². The molecule has 4 heteroatoms. The van der Waals surface area contributed by atoms with Gasteiger partial charge in [-0.2, -0.15) is 0 Å². The van der Waals surface area contributed by atoms with Gasteiger partial charge in [-0.25, -0.2) is 4.98 Å². The third-order valence-corrected chi connectivity index (χ3v) is 3.85. The summed E-state index contributed by atoms with van der Waals surface area (Å²) in [5.74, 6) is 0.861. The van der Waals surface area contributed by atoms with E-state index in [1.165, 1.54) is 0 Å². The van der Waals surface area contributed by atoms with Crippen molar-refractivity contribution in [2.45, 2.75) is 52.6 Å². The lowest BCUT2D eigenvalue weighted by Gasteiger charge is -2.20. The van der Waals surface area contributed by atoms with Crippen LogP contribution in [0.5, 0.6) is 0 Å². The quantitative estimate of drug-likeness (QED) is 0.795. The van der Waals surface area contributed by atoms with Crippen LogP contribution in [0, 0.1) is 0 Å². The maximum atomic E-state index is 12.6. The SMILES string of the molecule is CCCCN[C@@H](CC)c1nc2ccccc2c(=O)n1CC. The van der Waals surface area contributed by atoms with E-state index >= 15 is 0 Å². The minimum atomic E-state index is 0.0637. The summed E-state index contributed by atoms with van der Waals surface area (Å²) >= 11 is 0. The Morgan fingerprint density at radius 2 is 2.00 bits per heavy atom. The van der Waals surface area contributed by atoms with Gasteiger partial charge in [-0.05, 0) is 38.4 Å². The van der Waals surface area contributed by atoms with E-state index in [9.17, 15) is 4.79 Å². The molecule has 1 N–H and O–H groups in total. The molecule has 0 unspecified atom stereocenters. The molecule has 0 saturated carbocycles. The van der Waals surface area contributed by atoms with E-state index in [1.807, 2.05) is 31.2 Å². The molecule has 1 atom stereocenters. The fourth-order valence-corrected chi connectivity index (χ4v) is 2.63. The Balaban J connectivity index is 2.48. The second-order valence-corrected chi connectivity index (χ2v) is 5.31. The number of nitrogens with one attached hydrogen (secondary N) is 1. The van der Waals surface area contributed by atoms with E-state index in [4.69, 9.17) is 4.98 Å². The Morgan fingerprint density at radius 3 is 2.67 bits per heavy atom. The minimum absolute atomic E-state index is 0.0637. The van der Waals surface area contributed by atoms with E-state index in [1.54, 1.807) is 4.57 Å². The maximum absolute atomic E-state index is 12.6. The van der Waals surface area contributed by atoms with Crippen LogP contribution in [-0.2, 0) is 6.54 Å². The second-order valence-electron chi connectivity index (χ2n) is 5.31. The number of benzene rings is 1. The number of nitrogens with zero attached hydrogens (tertiary/aromatic N) is 2. The van der Waals surface area contributed by atoms with Gasteiger partial charge in [-0.3, -0.25) is 9.36 Å². The smallest absolute Gasteiger partial charge is 0.261 e. The summed E-state index contributed by atoms with van der Waals surface area (Å²) in [5, 5.41) is 4.23. The molecule has 1 aromatic heterocycles. The monoisotopic (exact) mass is 287 g/mol. The van der Waals surface area contributed by atoms with E-state index in [0.717, 1.165) is 37.1 Å². The highest BCUT2D eigenvalue weighted by Gasteiger charge is 2.17. The molecule has 0 bridgehead atoms. The lowest BCUT2D eigenvalue weighted by molar-refractivity contribution is 0.458. The molecule has 114 valence electrons. The van der Waals surface area contributed by atoms with E-state index in [2.05, 4.69) is 19.2 Å². The summed E-state index contributed by atoms with van der Waals surface area (Å²) in [7, 11) is 0. The molecular formula is C17H25N3O. The van der Waals surface area contributed by atoms with Gasteiger partial charge >= 0.3 is 0 Å². The van der Waals surface area contributed by atoms with Crippen molar-refractivity contribution in [3.05, 3.63) is 40.4 Å².